The zero-order valence-corrected chi connectivity index (χ0v) is 13.7. The van der Waals surface area contributed by atoms with E-state index in [0.717, 1.165) is 15.7 Å². The fourth-order valence-electron chi connectivity index (χ4n) is 1.90. The monoisotopic (exact) mass is 368 g/mol. The lowest BCUT2D eigenvalue weighted by atomic mass is 10.1. The van der Waals surface area contributed by atoms with Gasteiger partial charge in [0.1, 0.15) is 6.07 Å². The first-order chi connectivity index (χ1) is 9.52. The Bertz CT molecular complexity index is 680. The Hall–Kier alpha value is -1.21. The van der Waals surface area contributed by atoms with Crippen LogP contribution in [-0.2, 0) is 0 Å². The summed E-state index contributed by atoms with van der Waals surface area (Å²) in [5.41, 5.74) is 2.23. The molecule has 1 unspecified atom stereocenters. The van der Waals surface area contributed by atoms with E-state index in [1.165, 1.54) is 0 Å². The Kier molecular flexibility index (Phi) is 4.93. The van der Waals surface area contributed by atoms with Crippen LogP contribution in [0.15, 0.2) is 40.9 Å². The fraction of sp³-hybridized carbons (Fsp3) is 0.133. The summed E-state index contributed by atoms with van der Waals surface area (Å²) < 4.78 is 0.869. The van der Waals surface area contributed by atoms with Gasteiger partial charge in [-0.3, -0.25) is 0 Å². The fourth-order valence-corrected chi connectivity index (χ4v) is 2.73. The van der Waals surface area contributed by atoms with Crippen molar-refractivity contribution in [2.75, 3.05) is 5.32 Å². The molecule has 1 atom stereocenters. The van der Waals surface area contributed by atoms with Crippen LogP contribution in [0.2, 0.25) is 10.0 Å². The van der Waals surface area contributed by atoms with Crippen LogP contribution in [0.1, 0.15) is 24.1 Å². The molecule has 102 valence electrons. The van der Waals surface area contributed by atoms with Crippen LogP contribution in [0.25, 0.3) is 0 Å². The van der Waals surface area contributed by atoms with Gasteiger partial charge in [0, 0.05) is 4.47 Å². The van der Waals surface area contributed by atoms with E-state index in [1.807, 2.05) is 31.2 Å². The molecule has 0 spiro atoms. The summed E-state index contributed by atoms with van der Waals surface area (Å²) in [5.74, 6) is 0. The molecule has 5 heteroatoms. The van der Waals surface area contributed by atoms with Crippen molar-refractivity contribution in [1.82, 2.24) is 0 Å². The van der Waals surface area contributed by atoms with E-state index in [4.69, 9.17) is 28.5 Å². The van der Waals surface area contributed by atoms with E-state index in [-0.39, 0.29) is 6.04 Å². The second-order valence-electron chi connectivity index (χ2n) is 4.31. The number of nitriles is 1. The molecule has 0 aliphatic heterocycles. The molecule has 0 aliphatic carbocycles. The number of anilines is 1. The summed E-state index contributed by atoms with van der Waals surface area (Å²) in [4.78, 5) is 0. The Balaban J connectivity index is 2.31. The third kappa shape index (κ3) is 3.27. The third-order valence-corrected chi connectivity index (χ3v) is 4.25. The van der Waals surface area contributed by atoms with Crippen LogP contribution < -0.4 is 5.32 Å². The van der Waals surface area contributed by atoms with Crippen LogP contribution in [0.4, 0.5) is 5.69 Å². The van der Waals surface area contributed by atoms with Crippen molar-refractivity contribution in [3.8, 4) is 6.07 Å². The molecule has 0 bridgehead atoms. The molecule has 0 saturated heterocycles. The quantitative estimate of drug-likeness (QED) is 0.741. The summed E-state index contributed by atoms with van der Waals surface area (Å²) >= 11 is 15.6. The minimum Gasteiger partial charge on any atom is -0.377 e. The predicted molar refractivity (Wildman–Crippen MR) is 87.4 cm³/mol. The van der Waals surface area contributed by atoms with Crippen LogP contribution in [0, 0.1) is 11.3 Å². The number of nitrogens with one attached hydrogen (secondary N) is 1. The lowest BCUT2D eigenvalue weighted by Crippen LogP contribution is -2.08. The average molecular weight is 370 g/mol. The Morgan fingerprint density at radius 2 is 2.00 bits per heavy atom. The van der Waals surface area contributed by atoms with E-state index in [9.17, 15) is 0 Å². The van der Waals surface area contributed by atoms with Gasteiger partial charge in [0.25, 0.3) is 0 Å². The largest absolute Gasteiger partial charge is 0.377 e. The van der Waals surface area contributed by atoms with Crippen LogP contribution in [-0.4, -0.2) is 0 Å². The Labute approximate surface area is 136 Å². The van der Waals surface area contributed by atoms with Gasteiger partial charge in [-0.15, -0.1) is 0 Å². The number of benzene rings is 2. The molecule has 0 fully saturated rings. The molecule has 2 rings (SSSR count). The number of hydrogen-bond donors (Lipinski definition) is 1. The summed E-state index contributed by atoms with van der Waals surface area (Å²) in [5, 5.41) is 13.5. The second-order valence-corrected chi connectivity index (χ2v) is 6.01. The molecule has 2 aromatic rings. The van der Waals surface area contributed by atoms with E-state index in [0.29, 0.717) is 15.6 Å². The highest BCUT2D eigenvalue weighted by Gasteiger charge is 2.13. The Morgan fingerprint density at radius 1 is 1.25 bits per heavy atom. The zero-order chi connectivity index (χ0) is 14.7. The lowest BCUT2D eigenvalue weighted by Gasteiger charge is -2.18. The second kappa shape index (κ2) is 6.49. The Morgan fingerprint density at radius 3 is 2.70 bits per heavy atom. The molecule has 0 radical (unpaired) electrons. The third-order valence-electron chi connectivity index (χ3n) is 2.92. The van der Waals surface area contributed by atoms with E-state index >= 15 is 0 Å². The van der Waals surface area contributed by atoms with Crippen molar-refractivity contribution in [2.24, 2.45) is 0 Å². The van der Waals surface area contributed by atoms with Crippen LogP contribution in [0.5, 0.6) is 0 Å². The first-order valence-corrected chi connectivity index (χ1v) is 7.48. The van der Waals surface area contributed by atoms with Gasteiger partial charge in [-0.1, -0.05) is 51.3 Å². The normalized spacial score (nSPS) is 11.8. The molecular weight excluding hydrogens is 359 g/mol. The lowest BCUT2D eigenvalue weighted by molar-refractivity contribution is 0.884. The molecule has 2 nitrogen and oxygen atoms in total. The average Bonchev–Trinajstić information content (AvgIpc) is 2.43. The molecule has 2 aromatic carbocycles. The summed E-state index contributed by atoms with van der Waals surface area (Å²) in [6.45, 7) is 1.97. The zero-order valence-electron chi connectivity index (χ0n) is 10.6. The number of halogens is 3. The molecule has 0 aromatic heterocycles. The minimum absolute atomic E-state index is 0.0607. The van der Waals surface area contributed by atoms with Crippen molar-refractivity contribution < 1.29 is 0 Å². The smallest absolute Gasteiger partial charge is 0.101 e. The van der Waals surface area contributed by atoms with Crippen molar-refractivity contribution in [1.29, 1.82) is 5.26 Å². The van der Waals surface area contributed by atoms with Crippen LogP contribution >= 0.6 is 39.1 Å². The van der Waals surface area contributed by atoms with Gasteiger partial charge in [-0.05, 0) is 36.8 Å². The first-order valence-electron chi connectivity index (χ1n) is 5.93. The maximum Gasteiger partial charge on any atom is 0.101 e. The highest BCUT2D eigenvalue weighted by atomic mass is 79.9. The molecule has 0 saturated carbocycles. The standard InChI is InChI=1S/C15H11BrCl2N2/c1-9(12-3-2-4-13(17)15(12)18)20-14-6-5-11(16)7-10(14)8-19/h2-7,9,20H,1H3. The number of rotatable bonds is 3. The van der Waals surface area contributed by atoms with E-state index < -0.39 is 0 Å². The molecule has 0 aliphatic rings. The first kappa shape index (κ1) is 15.2. The topological polar surface area (TPSA) is 35.8 Å². The molecule has 20 heavy (non-hydrogen) atoms. The molecule has 0 amide bonds. The highest BCUT2D eigenvalue weighted by molar-refractivity contribution is 9.10. The molecule has 1 N–H and O–H groups in total. The van der Waals surface area contributed by atoms with E-state index in [1.54, 1.807) is 12.1 Å². The molecular formula is C15H11BrCl2N2. The maximum atomic E-state index is 9.17. The summed E-state index contributed by atoms with van der Waals surface area (Å²) in [6, 6.07) is 13.1. The predicted octanol–water partition coefficient (Wildman–Crippen LogP) is 5.80. The van der Waals surface area contributed by atoms with Gasteiger partial charge in [0.15, 0.2) is 0 Å². The van der Waals surface area contributed by atoms with Crippen molar-refractivity contribution in [3.05, 3.63) is 62.0 Å². The van der Waals surface area contributed by atoms with Crippen LogP contribution in [0.3, 0.4) is 0 Å². The van der Waals surface area contributed by atoms with Crippen molar-refractivity contribution in [2.45, 2.75) is 13.0 Å². The number of nitrogens with zero attached hydrogens (tertiary/aromatic N) is 1. The number of hydrogen-bond acceptors (Lipinski definition) is 2. The molecule has 0 heterocycles. The summed E-state index contributed by atoms with van der Waals surface area (Å²) in [6.07, 6.45) is 0. The van der Waals surface area contributed by atoms with Gasteiger partial charge in [0.05, 0.1) is 27.3 Å². The van der Waals surface area contributed by atoms with Gasteiger partial charge in [-0.2, -0.15) is 5.26 Å². The van der Waals surface area contributed by atoms with Gasteiger partial charge in [-0.25, -0.2) is 0 Å². The minimum atomic E-state index is -0.0607. The van der Waals surface area contributed by atoms with Gasteiger partial charge in [0.2, 0.25) is 0 Å². The van der Waals surface area contributed by atoms with Gasteiger partial charge < -0.3 is 5.32 Å². The SMILES string of the molecule is CC(Nc1ccc(Br)cc1C#N)c1cccc(Cl)c1Cl. The van der Waals surface area contributed by atoms with E-state index in [2.05, 4.69) is 27.3 Å². The summed E-state index contributed by atoms with van der Waals surface area (Å²) in [7, 11) is 0. The maximum absolute atomic E-state index is 9.17. The van der Waals surface area contributed by atoms with Gasteiger partial charge >= 0.3 is 0 Å². The van der Waals surface area contributed by atoms with Crippen molar-refractivity contribution >= 4 is 44.8 Å². The van der Waals surface area contributed by atoms with Crippen molar-refractivity contribution in [3.63, 3.8) is 0 Å². The highest BCUT2D eigenvalue weighted by Crippen LogP contribution is 2.32.